The van der Waals surface area contributed by atoms with Crippen LogP contribution in [0.3, 0.4) is 0 Å². The minimum atomic E-state index is 0.645. The molecule has 2 nitrogen and oxygen atoms in total. The lowest BCUT2D eigenvalue weighted by atomic mass is 9.81. The van der Waals surface area contributed by atoms with Crippen molar-refractivity contribution in [2.75, 3.05) is 7.05 Å². The minimum absolute atomic E-state index is 0.645. The highest BCUT2D eigenvalue weighted by atomic mass is 16.3. The van der Waals surface area contributed by atoms with Crippen LogP contribution in [0.25, 0.3) is 0 Å². The fourth-order valence-electron chi connectivity index (χ4n) is 2.36. The normalized spacial score (nSPS) is 29.0. The first-order valence-corrected chi connectivity index (χ1v) is 5.11. The SMILES string of the molecule is CNC1CCCCC1c1ccoc1. The molecule has 0 bridgehead atoms. The standard InChI is InChI=1S/C11H17NO/c1-12-11-5-3-2-4-10(11)9-6-7-13-8-9/h6-8,10-12H,2-5H2,1H3. The molecular formula is C11H17NO. The van der Waals surface area contributed by atoms with Gasteiger partial charge in [-0.3, -0.25) is 0 Å². The van der Waals surface area contributed by atoms with Crippen LogP contribution in [0.15, 0.2) is 23.0 Å². The third-order valence-electron chi connectivity index (χ3n) is 3.11. The highest BCUT2D eigenvalue weighted by Gasteiger charge is 2.25. The second-order valence-corrected chi connectivity index (χ2v) is 3.84. The van der Waals surface area contributed by atoms with Crippen LogP contribution in [0.4, 0.5) is 0 Å². The lowest BCUT2D eigenvalue weighted by Gasteiger charge is -2.30. The summed E-state index contributed by atoms with van der Waals surface area (Å²) in [7, 11) is 2.06. The van der Waals surface area contributed by atoms with Crippen LogP contribution < -0.4 is 5.32 Å². The van der Waals surface area contributed by atoms with Crippen molar-refractivity contribution < 1.29 is 4.42 Å². The molecule has 13 heavy (non-hydrogen) atoms. The molecule has 1 fully saturated rings. The highest BCUT2D eigenvalue weighted by Crippen LogP contribution is 2.32. The summed E-state index contributed by atoms with van der Waals surface area (Å²) in [6.07, 6.45) is 8.97. The smallest absolute Gasteiger partial charge is 0.0937 e. The van der Waals surface area contributed by atoms with E-state index in [1.165, 1.54) is 31.2 Å². The molecule has 2 atom stereocenters. The molecular weight excluding hydrogens is 162 g/mol. The van der Waals surface area contributed by atoms with E-state index in [-0.39, 0.29) is 0 Å². The molecule has 1 aromatic heterocycles. The molecule has 1 aromatic rings. The summed E-state index contributed by atoms with van der Waals surface area (Å²) in [5.74, 6) is 0.664. The van der Waals surface area contributed by atoms with Crippen LogP contribution in [0.2, 0.25) is 0 Å². The predicted molar refractivity (Wildman–Crippen MR) is 52.8 cm³/mol. The van der Waals surface area contributed by atoms with Crippen molar-refractivity contribution in [2.45, 2.75) is 37.6 Å². The van der Waals surface area contributed by atoms with E-state index >= 15 is 0 Å². The van der Waals surface area contributed by atoms with Crippen molar-refractivity contribution in [3.05, 3.63) is 24.2 Å². The molecule has 0 saturated heterocycles. The second kappa shape index (κ2) is 3.97. The molecule has 2 rings (SSSR count). The number of hydrogen-bond donors (Lipinski definition) is 1. The Hall–Kier alpha value is -0.760. The van der Waals surface area contributed by atoms with Gasteiger partial charge in [-0.05, 0) is 31.5 Å². The summed E-state index contributed by atoms with van der Waals surface area (Å²) >= 11 is 0. The van der Waals surface area contributed by atoms with Gasteiger partial charge in [-0.15, -0.1) is 0 Å². The van der Waals surface area contributed by atoms with Crippen molar-refractivity contribution in [1.82, 2.24) is 5.32 Å². The van der Waals surface area contributed by atoms with Gasteiger partial charge in [0, 0.05) is 12.0 Å². The van der Waals surface area contributed by atoms with Crippen molar-refractivity contribution in [1.29, 1.82) is 0 Å². The molecule has 1 N–H and O–H groups in total. The summed E-state index contributed by atoms with van der Waals surface area (Å²) in [6, 6.07) is 2.74. The molecule has 0 aliphatic heterocycles. The third kappa shape index (κ3) is 1.78. The zero-order valence-corrected chi connectivity index (χ0v) is 8.12. The fourth-order valence-corrected chi connectivity index (χ4v) is 2.36. The Morgan fingerprint density at radius 3 is 2.92 bits per heavy atom. The molecule has 2 unspecified atom stereocenters. The maximum Gasteiger partial charge on any atom is 0.0937 e. The largest absolute Gasteiger partial charge is 0.472 e. The molecule has 0 radical (unpaired) electrons. The number of rotatable bonds is 2. The van der Waals surface area contributed by atoms with Gasteiger partial charge in [-0.25, -0.2) is 0 Å². The third-order valence-corrected chi connectivity index (χ3v) is 3.11. The average Bonchev–Trinajstić information content (AvgIpc) is 2.70. The molecule has 1 saturated carbocycles. The summed E-state index contributed by atoms with van der Waals surface area (Å²) in [5.41, 5.74) is 1.36. The predicted octanol–water partition coefficient (Wildman–Crippen LogP) is 2.53. The van der Waals surface area contributed by atoms with E-state index in [1.54, 1.807) is 6.26 Å². The number of hydrogen-bond acceptors (Lipinski definition) is 2. The van der Waals surface area contributed by atoms with Gasteiger partial charge in [-0.1, -0.05) is 12.8 Å². The molecule has 1 aliphatic rings. The number of nitrogens with one attached hydrogen (secondary N) is 1. The van der Waals surface area contributed by atoms with Crippen LogP contribution in [-0.2, 0) is 0 Å². The monoisotopic (exact) mass is 179 g/mol. The summed E-state index contributed by atoms with van der Waals surface area (Å²) in [4.78, 5) is 0. The number of furan rings is 1. The van der Waals surface area contributed by atoms with Crippen LogP contribution in [0, 0.1) is 0 Å². The zero-order valence-electron chi connectivity index (χ0n) is 8.12. The average molecular weight is 179 g/mol. The van der Waals surface area contributed by atoms with Gasteiger partial charge in [0.15, 0.2) is 0 Å². The van der Waals surface area contributed by atoms with Crippen molar-refractivity contribution in [2.24, 2.45) is 0 Å². The maximum absolute atomic E-state index is 5.13. The van der Waals surface area contributed by atoms with Gasteiger partial charge < -0.3 is 9.73 Å². The first-order chi connectivity index (χ1) is 6.42. The minimum Gasteiger partial charge on any atom is -0.472 e. The van der Waals surface area contributed by atoms with Crippen LogP contribution >= 0.6 is 0 Å². The Morgan fingerprint density at radius 1 is 1.38 bits per heavy atom. The van der Waals surface area contributed by atoms with Crippen molar-refractivity contribution in [3.8, 4) is 0 Å². The fraction of sp³-hybridized carbons (Fsp3) is 0.636. The molecule has 2 heteroatoms. The lowest BCUT2D eigenvalue weighted by Crippen LogP contribution is -2.34. The summed E-state index contributed by atoms with van der Waals surface area (Å²) in [5, 5.41) is 3.40. The van der Waals surface area contributed by atoms with E-state index in [9.17, 15) is 0 Å². The van der Waals surface area contributed by atoms with Crippen molar-refractivity contribution >= 4 is 0 Å². The molecule has 72 valence electrons. The van der Waals surface area contributed by atoms with Crippen LogP contribution in [-0.4, -0.2) is 13.1 Å². The van der Waals surface area contributed by atoms with Gasteiger partial charge in [0.05, 0.1) is 12.5 Å². The Morgan fingerprint density at radius 2 is 2.23 bits per heavy atom. The van der Waals surface area contributed by atoms with Gasteiger partial charge in [0.2, 0.25) is 0 Å². The van der Waals surface area contributed by atoms with Gasteiger partial charge in [0.25, 0.3) is 0 Å². The first-order valence-electron chi connectivity index (χ1n) is 5.11. The van der Waals surface area contributed by atoms with E-state index in [1.807, 2.05) is 6.26 Å². The van der Waals surface area contributed by atoms with Crippen LogP contribution in [0.1, 0.15) is 37.2 Å². The highest BCUT2D eigenvalue weighted by molar-refractivity contribution is 5.16. The van der Waals surface area contributed by atoms with E-state index in [0.29, 0.717) is 12.0 Å². The Kier molecular flexibility index (Phi) is 2.69. The van der Waals surface area contributed by atoms with Crippen molar-refractivity contribution in [3.63, 3.8) is 0 Å². The molecule has 0 amide bonds. The molecule has 1 heterocycles. The molecule has 1 aliphatic carbocycles. The maximum atomic E-state index is 5.13. The van der Waals surface area contributed by atoms with E-state index in [4.69, 9.17) is 4.42 Å². The lowest BCUT2D eigenvalue weighted by molar-refractivity contribution is 0.342. The Bertz CT molecular complexity index is 243. The number of likely N-dealkylation sites (N-methyl/N-ethyl adjacent to an activating group) is 1. The van der Waals surface area contributed by atoms with Gasteiger partial charge >= 0.3 is 0 Å². The van der Waals surface area contributed by atoms with E-state index in [0.717, 1.165) is 0 Å². The van der Waals surface area contributed by atoms with E-state index in [2.05, 4.69) is 18.4 Å². The quantitative estimate of drug-likeness (QED) is 0.754. The summed E-state index contributed by atoms with van der Waals surface area (Å²) in [6.45, 7) is 0. The van der Waals surface area contributed by atoms with Crippen LogP contribution in [0.5, 0.6) is 0 Å². The topological polar surface area (TPSA) is 25.2 Å². The Balaban J connectivity index is 2.11. The Labute approximate surface area is 79.3 Å². The van der Waals surface area contributed by atoms with Gasteiger partial charge in [0.1, 0.15) is 0 Å². The van der Waals surface area contributed by atoms with E-state index < -0.39 is 0 Å². The first kappa shape index (κ1) is 8.82. The zero-order chi connectivity index (χ0) is 9.10. The second-order valence-electron chi connectivity index (χ2n) is 3.84. The van der Waals surface area contributed by atoms with Gasteiger partial charge in [-0.2, -0.15) is 0 Å². The summed E-state index contributed by atoms with van der Waals surface area (Å²) < 4.78 is 5.13. The molecule has 0 spiro atoms. The molecule has 0 aromatic carbocycles.